The predicted octanol–water partition coefficient (Wildman–Crippen LogP) is 13.6. The van der Waals surface area contributed by atoms with E-state index in [0.29, 0.717) is 23.3 Å². The number of furan rings is 1. The first-order valence-electron chi connectivity index (χ1n) is 18.7. The second-order valence-corrected chi connectivity index (χ2v) is 16.1. The van der Waals surface area contributed by atoms with Crippen molar-refractivity contribution in [3.8, 4) is 56.8 Å². The zero-order valence-corrected chi connectivity index (χ0v) is 31.7. The number of fused-ring (bicyclic) bond motifs is 9. The molecular weight excluding hydrogens is 739 g/mol. The van der Waals surface area contributed by atoms with Gasteiger partial charge in [-0.2, -0.15) is 0 Å². The van der Waals surface area contributed by atoms with Crippen molar-refractivity contribution in [2.24, 2.45) is 0 Å². The van der Waals surface area contributed by atoms with Gasteiger partial charge in [-0.05, 0) is 30.3 Å². The average Bonchev–Trinajstić information content (AvgIpc) is 3.97. The summed E-state index contributed by atoms with van der Waals surface area (Å²) in [6.07, 6.45) is 0. The lowest BCUT2D eigenvalue weighted by Crippen LogP contribution is -2.00. The monoisotopic (exact) mass is 765 g/mol. The van der Waals surface area contributed by atoms with E-state index < -0.39 is 0 Å². The standard InChI is InChI=1S/C49H27N5OS2/c1-3-13-28(14-4-1)43-45-44(33-18-8-10-23-38(33)57-45)51-47(50-43)30-25-26-32-40(27-30)56-39-24-12-20-35(42(32)39)49-53-46(29-15-5-2-6-16-29)52-48(54-49)34-19-11-22-37-41(34)31-17-7-9-21-36(31)55-37/h1-27H. The summed E-state index contributed by atoms with van der Waals surface area (Å²) in [6.45, 7) is 0. The summed E-state index contributed by atoms with van der Waals surface area (Å²) >= 11 is 3.50. The SMILES string of the molecule is c1ccc(-c2nc(-c3cccc4oc5ccccc5c34)nc(-c3cccc4sc5cc(-c6nc(-c7ccccc7)c7sc8ccccc8c7n6)ccc5c34)n2)cc1. The van der Waals surface area contributed by atoms with Crippen LogP contribution in [-0.4, -0.2) is 24.9 Å². The molecule has 7 aromatic carbocycles. The average molecular weight is 766 g/mol. The number of rotatable bonds is 5. The third kappa shape index (κ3) is 5.19. The van der Waals surface area contributed by atoms with Crippen LogP contribution in [0.2, 0.25) is 0 Å². The van der Waals surface area contributed by atoms with Crippen LogP contribution in [0.4, 0.5) is 0 Å². The van der Waals surface area contributed by atoms with Gasteiger partial charge in [0, 0.05) is 68.8 Å². The highest BCUT2D eigenvalue weighted by atomic mass is 32.1. The Labute approximate surface area is 333 Å². The smallest absolute Gasteiger partial charge is 0.164 e. The Bertz CT molecular complexity index is 3540. The molecule has 0 bridgehead atoms. The minimum atomic E-state index is 0.595. The van der Waals surface area contributed by atoms with E-state index in [9.17, 15) is 0 Å². The second kappa shape index (κ2) is 12.7. The molecule has 0 spiro atoms. The van der Waals surface area contributed by atoms with Crippen LogP contribution in [0, 0.1) is 0 Å². The molecule has 5 aromatic heterocycles. The zero-order valence-electron chi connectivity index (χ0n) is 30.0. The fourth-order valence-corrected chi connectivity index (χ4v) is 10.3. The van der Waals surface area contributed by atoms with Gasteiger partial charge in [-0.25, -0.2) is 24.9 Å². The maximum absolute atomic E-state index is 6.27. The molecule has 6 nitrogen and oxygen atoms in total. The zero-order chi connectivity index (χ0) is 37.5. The molecule has 8 heteroatoms. The molecule has 0 aliphatic carbocycles. The summed E-state index contributed by atoms with van der Waals surface area (Å²) in [6, 6.07) is 56.2. The molecule has 0 amide bonds. The topological polar surface area (TPSA) is 77.6 Å². The van der Waals surface area contributed by atoms with Crippen molar-refractivity contribution in [2.75, 3.05) is 0 Å². The van der Waals surface area contributed by atoms with Crippen LogP contribution in [0.3, 0.4) is 0 Å². The first-order chi connectivity index (χ1) is 28.2. The van der Waals surface area contributed by atoms with Gasteiger partial charge in [0.05, 0.1) is 15.9 Å². The minimum absolute atomic E-state index is 0.595. The van der Waals surface area contributed by atoms with Gasteiger partial charge in [-0.3, -0.25) is 0 Å². The summed E-state index contributed by atoms with van der Waals surface area (Å²) in [5, 5.41) is 5.40. The van der Waals surface area contributed by atoms with E-state index in [4.69, 9.17) is 29.3 Å². The van der Waals surface area contributed by atoms with Crippen molar-refractivity contribution in [1.29, 1.82) is 0 Å². The highest BCUT2D eigenvalue weighted by molar-refractivity contribution is 7.26. The Morgan fingerprint density at radius 2 is 1.00 bits per heavy atom. The van der Waals surface area contributed by atoms with Gasteiger partial charge >= 0.3 is 0 Å². The number of para-hydroxylation sites is 1. The summed E-state index contributed by atoms with van der Waals surface area (Å²) in [5.41, 5.74) is 8.38. The first-order valence-corrected chi connectivity index (χ1v) is 20.3. The predicted molar refractivity (Wildman–Crippen MR) is 236 cm³/mol. The Morgan fingerprint density at radius 3 is 1.82 bits per heavy atom. The minimum Gasteiger partial charge on any atom is -0.456 e. The van der Waals surface area contributed by atoms with Gasteiger partial charge in [0.15, 0.2) is 23.3 Å². The van der Waals surface area contributed by atoms with Crippen molar-refractivity contribution in [3.63, 3.8) is 0 Å². The van der Waals surface area contributed by atoms with Crippen molar-refractivity contribution >= 4 is 85.1 Å². The molecular formula is C49H27N5OS2. The number of thiophene rings is 2. The molecule has 0 atom stereocenters. The fourth-order valence-electron chi connectivity index (χ4n) is 7.96. The number of hydrogen-bond donors (Lipinski definition) is 0. The molecule has 57 heavy (non-hydrogen) atoms. The Morgan fingerprint density at radius 1 is 0.368 bits per heavy atom. The highest BCUT2D eigenvalue weighted by Gasteiger charge is 2.21. The molecule has 12 aromatic rings. The molecule has 0 N–H and O–H groups in total. The maximum Gasteiger partial charge on any atom is 0.164 e. The summed E-state index contributed by atoms with van der Waals surface area (Å²) in [7, 11) is 0. The molecule has 0 radical (unpaired) electrons. The normalized spacial score (nSPS) is 11.9. The lowest BCUT2D eigenvalue weighted by atomic mass is 10.0. The van der Waals surface area contributed by atoms with Crippen molar-refractivity contribution in [1.82, 2.24) is 24.9 Å². The lowest BCUT2D eigenvalue weighted by molar-refractivity contribution is 0.669. The molecule has 12 rings (SSSR count). The van der Waals surface area contributed by atoms with Gasteiger partial charge in [0.25, 0.3) is 0 Å². The summed E-state index contributed by atoms with van der Waals surface area (Å²) < 4.78 is 10.9. The van der Waals surface area contributed by atoms with Crippen molar-refractivity contribution < 1.29 is 4.42 Å². The van der Waals surface area contributed by atoms with Crippen LogP contribution in [0.15, 0.2) is 168 Å². The third-order valence-corrected chi connectivity index (χ3v) is 12.9. The van der Waals surface area contributed by atoms with Crippen LogP contribution >= 0.6 is 22.7 Å². The third-order valence-electron chi connectivity index (χ3n) is 10.6. The molecule has 266 valence electrons. The van der Waals surface area contributed by atoms with E-state index in [2.05, 4.69) is 97.1 Å². The van der Waals surface area contributed by atoms with E-state index in [1.165, 1.54) is 4.70 Å². The first kappa shape index (κ1) is 32.1. The van der Waals surface area contributed by atoms with E-state index in [1.54, 1.807) is 22.7 Å². The summed E-state index contributed by atoms with van der Waals surface area (Å²) in [4.78, 5) is 26.0. The Balaban J connectivity index is 1.05. The van der Waals surface area contributed by atoms with Crippen LogP contribution in [0.25, 0.3) is 119 Å². The van der Waals surface area contributed by atoms with Gasteiger partial charge < -0.3 is 4.42 Å². The Hall–Kier alpha value is -7.13. The summed E-state index contributed by atoms with van der Waals surface area (Å²) in [5.74, 6) is 2.53. The molecule has 0 aliphatic heterocycles. The molecule has 0 saturated carbocycles. The van der Waals surface area contributed by atoms with Crippen LogP contribution < -0.4 is 0 Å². The molecule has 0 unspecified atom stereocenters. The molecule has 5 heterocycles. The quantitative estimate of drug-likeness (QED) is 0.174. The number of nitrogens with zero attached hydrogens (tertiary/aromatic N) is 5. The van der Waals surface area contributed by atoms with E-state index in [0.717, 1.165) is 91.2 Å². The highest BCUT2D eigenvalue weighted by Crippen LogP contribution is 2.44. The molecule has 0 saturated heterocycles. The van der Waals surface area contributed by atoms with Gasteiger partial charge in [0.1, 0.15) is 11.2 Å². The van der Waals surface area contributed by atoms with Crippen LogP contribution in [0.5, 0.6) is 0 Å². The van der Waals surface area contributed by atoms with Gasteiger partial charge in [-0.15, -0.1) is 22.7 Å². The van der Waals surface area contributed by atoms with Crippen molar-refractivity contribution in [2.45, 2.75) is 0 Å². The Kier molecular flexibility index (Phi) is 7.17. The van der Waals surface area contributed by atoms with E-state index in [1.807, 2.05) is 66.7 Å². The largest absolute Gasteiger partial charge is 0.456 e. The van der Waals surface area contributed by atoms with Crippen molar-refractivity contribution in [3.05, 3.63) is 164 Å². The van der Waals surface area contributed by atoms with E-state index >= 15 is 0 Å². The van der Waals surface area contributed by atoms with E-state index in [-0.39, 0.29) is 0 Å². The molecule has 0 aliphatic rings. The second-order valence-electron chi connectivity index (χ2n) is 14.0. The van der Waals surface area contributed by atoms with Crippen LogP contribution in [0.1, 0.15) is 0 Å². The number of aromatic nitrogens is 5. The lowest BCUT2D eigenvalue weighted by Gasteiger charge is -2.10. The fraction of sp³-hybridized carbons (Fsp3) is 0. The maximum atomic E-state index is 6.27. The van der Waals surface area contributed by atoms with Gasteiger partial charge in [-0.1, -0.05) is 133 Å². The van der Waals surface area contributed by atoms with Crippen LogP contribution in [-0.2, 0) is 0 Å². The number of benzene rings is 7. The number of hydrogen-bond acceptors (Lipinski definition) is 8. The van der Waals surface area contributed by atoms with Gasteiger partial charge in [0.2, 0.25) is 0 Å². The molecule has 0 fully saturated rings.